The fourth-order valence-electron chi connectivity index (χ4n) is 3.00. The van der Waals surface area contributed by atoms with Gasteiger partial charge in [0.2, 0.25) is 0 Å². The molecular weight excluding hydrogens is 441 g/mol. The first-order valence-corrected chi connectivity index (χ1v) is 10.8. The number of hydrogen-bond donors (Lipinski definition) is 1. The second-order valence-corrected chi connectivity index (χ2v) is 8.05. The van der Waals surface area contributed by atoms with Crippen LogP contribution in [-0.2, 0) is 9.53 Å². The molecule has 8 heteroatoms. The van der Waals surface area contributed by atoms with Crippen LogP contribution in [0.15, 0.2) is 41.8 Å². The predicted octanol–water partition coefficient (Wildman–Crippen LogP) is 6.02. The van der Waals surface area contributed by atoms with E-state index in [2.05, 4.69) is 5.32 Å². The molecule has 0 atom stereocenters. The number of hydrogen-bond acceptors (Lipinski definition) is 5. The maximum atomic E-state index is 13.3. The first-order valence-electron chi connectivity index (χ1n) is 9.54. The van der Waals surface area contributed by atoms with Crippen molar-refractivity contribution in [3.63, 3.8) is 0 Å². The van der Waals surface area contributed by atoms with Gasteiger partial charge in [-0.15, -0.1) is 11.3 Å². The summed E-state index contributed by atoms with van der Waals surface area (Å²) in [6, 6.07) is 9.27. The van der Waals surface area contributed by atoms with Crippen molar-refractivity contribution < 1.29 is 23.5 Å². The zero-order chi connectivity index (χ0) is 22.5. The van der Waals surface area contributed by atoms with E-state index in [1.54, 1.807) is 36.6 Å². The smallest absolute Gasteiger partial charge is 0.341 e. The number of amides is 1. The van der Waals surface area contributed by atoms with Gasteiger partial charge in [-0.3, -0.25) is 4.79 Å². The van der Waals surface area contributed by atoms with Crippen LogP contribution >= 0.6 is 22.9 Å². The fraction of sp³-hybridized carbons (Fsp3) is 0.217. The van der Waals surface area contributed by atoms with Crippen LogP contribution in [0.1, 0.15) is 28.4 Å². The van der Waals surface area contributed by atoms with Crippen molar-refractivity contribution in [2.45, 2.75) is 20.8 Å². The summed E-state index contributed by atoms with van der Waals surface area (Å²) in [6.07, 6.45) is 0. The molecule has 1 aromatic heterocycles. The van der Waals surface area contributed by atoms with E-state index in [1.165, 1.54) is 23.5 Å². The average Bonchev–Trinajstić information content (AvgIpc) is 3.14. The van der Waals surface area contributed by atoms with E-state index in [0.717, 1.165) is 11.1 Å². The van der Waals surface area contributed by atoms with Gasteiger partial charge in [0.25, 0.3) is 5.91 Å². The Morgan fingerprint density at radius 1 is 1.13 bits per heavy atom. The van der Waals surface area contributed by atoms with Gasteiger partial charge < -0.3 is 14.8 Å². The van der Waals surface area contributed by atoms with Gasteiger partial charge >= 0.3 is 5.97 Å². The van der Waals surface area contributed by atoms with E-state index >= 15 is 0 Å². The standard InChI is InChI=1S/C23H21ClFNO4S/c1-4-29-23(28)20-18(15-5-7-16(25)8-6-15)12-31-22(20)26-19(27)11-30-17-9-13(2)21(24)14(3)10-17/h5-10,12H,4,11H2,1-3H3,(H,26,27). The van der Waals surface area contributed by atoms with Crippen LogP contribution in [0, 0.1) is 19.7 Å². The normalized spacial score (nSPS) is 10.6. The zero-order valence-corrected chi connectivity index (χ0v) is 18.8. The summed E-state index contributed by atoms with van der Waals surface area (Å²) in [7, 11) is 0. The number of benzene rings is 2. The molecule has 1 N–H and O–H groups in total. The number of rotatable bonds is 7. The summed E-state index contributed by atoms with van der Waals surface area (Å²) < 4.78 is 24.0. The zero-order valence-electron chi connectivity index (χ0n) is 17.3. The van der Waals surface area contributed by atoms with Gasteiger partial charge in [-0.05, 0) is 61.7 Å². The molecule has 3 aromatic rings. The number of thiophene rings is 1. The molecule has 0 spiro atoms. The van der Waals surface area contributed by atoms with Gasteiger partial charge in [0.1, 0.15) is 22.1 Å². The molecule has 162 valence electrons. The number of halogens is 2. The van der Waals surface area contributed by atoms with Crippen molar-refractivity contribution in [3.8, 4) is 16.9 Å². The summed E-state index contributed by atoms with van der Waals surface area (Å²) in [5.41, 5.74) is 3.13. The number of esters is 1. The highest BCUT2D eigenvalue weighted by Gasteiger charge is 2.23. The third kappa shape index (κ3) is 5.42. The number of carbonyl (C=O) groups excluding carboxylic acids is 2. The SMILES string of the molecule is CCOC(=O)c1c(-c2ccc(F)cc2)csc1NC(=O)COc1cc(C)c(Cl)c(C)c1. The minimum Gasteiger partial charge on any atom is -0.484 e. The third-order valence-electron chi connectivity index (χ3n) is 4.46. The highest BCUT2D eigenvalue weighted by molar-refractivity contribution is 7.15. The van der Waals surface area contributed by atoms with Crippen molar-refractivity contribution in [3.05, 3.63) is 69.3 Å². The Morgan fingerprint density at radius 2 is 1.77 bits per heavy atom. The molecule has 1 amide bonds. The summed E-state index contributed by atoms with van der Waals surface area (Å²) >= 11 is 7.34. The molecule has 31 heavy (non-hydrogen) atoms. The first kappa shape index (κ1) is 22.8. The lowest BCUT2D eigenvalue weighted by Gasteiger charge is -2.11. The predicted molar refractivity (Wildman–Crippen MR) is 121 cm³/mol. The maximum Gasteiger partial charge on any atom is 0.341 e. The van der Waals surface area contributed by atoms with Crippen LogP contribution in [0.4, 0.5) is 9.39 Å². The lowest BCUT2D eigenvalue weighted by Crippen LogP contribution is -2.21. The monoisotopic (exact) mass is 461 g/mol. The Hall–Kier alpha value is -2.90. The minimum atomic E-state index is -0.566. The fourth-order valence-corrected chi connectivity index (χ4v) is 4.08. The Morgan fingerprint density at radius 3 is 2.39 bits per heavy atom. The largest absolute Gasteiger partial charge is 0.484 e. The van der Waals surface area contributed by atoms with Crippen LogP contribution in [0.2, 0.25) is 5.02 Å². The Kier molecular flexibility index (Phi) is 7.30. The number of aryl methyl sites for hydroxylation is 2. The summed E-state index contributed by atoms with van der Waals surface area (Å²) in [6.45, 7) is 5.35. The van der Waals surface area contributed by atoms with Gasteiger partial charge in [0.15, 0.2) is 6.61 Å². The molecule has 1 heterocycles. The van der Waals surface area contributed by atoms with Crippen LogP contribution in [-0.4, -0.2) is 25.1 Å². The molecule has 0 aliphatic carbocycles. The quantitative estimate of drug-likeness (QED) is 0.437. The van der Waals surface area contributed by atoms with Gasteiger partial charge in [0.05, 0.1) is 6.61 Å². The summed E-state index contributed by atoms with van der Waals surface area (Å²) in [5.74, 6) is -0.847. The van der Waals surface area contributed by atoms with Crippen LogP contribution < -0.4 is 10.1 Å². The second kappa shape index (κ2) is 9.94. The lowest BCUT2D eigenvalue weighted by molar-refractivity contribution is -0.118. The van der Waals surface area contributed by atoms with Crippen molar-refractivity contribution in [1.82, 2.24) is 0 Å². The minimum absolute atomic E-state index is 0.184. The van der Waals surface area contributed by atoms with E-state index in [-0.39, 0.29) is 24.6 Å². The average molecular weight is 462 g/mol. The molecule has 0 aliphatic heterocycles. The molecule has 0 aliphatic rings. The lowest BCUT2D eigenvalue weighted by atomic mass is 10.0. The Balaban J connectivity index is 1.79. The van der Waals surface area contributed by atoms with E-state index in [4.69, 9.17) is 21.1 Å². The summed E-state index contributed by atoms with van der Waals surface area (Å²) in [5, 5.41) is 5.44. The molecule has 2 aromatic carbocycles. The van der Waals surface area contributed by atoms with Crippen molar-refractivity contribution in [2.24, 2.45) is 0 Å². The van der Waals surface area contributed by atoms with Crippen LogP contribution in [0.3, 0.4) is 0 Å². The van der Waals surface area contributed by atoms with Crippen LogP contribution in [0.5, 0.6) is 5.75 Å². The van der Waals surface area contributed by atoms with E-state index in [9.17, 15) is 14.0 Å². The topological polar surface area (TPSA) is 64.6 Å². The Labute approximate surface area is 188 Å². The number of nitrogens with one attached hydrogen (secondary N) is 1. The van der Waals surface area contributed by atoms with Crippen molar-refractivity contribution in [2.75, 3.05) is 18.5 Å². The number of carbonyl (C=O) groups is 2. The van der Waals surface area contributed by atoms with E-state index in [0.29, 0.717) is 26.9 Å². The number of anilines is 1. The molecule has 0 radical (unpaired) electrons. The summed E-state index contributed by atoms with van der Waals surface area (Å²) in [4.78, 5) is 25.1. The second-order valence-electron chi connectivity index (χ2n) is 6.79. The van der Waals surface area contributed by atoms with E-state index in [1.807, 2.05) is 13.8 Å². The van der Waals surface area contributed by atoms with Gasteiger partial charge in [-0.25, -0.2) is 9.18 Å². The molecule has 0 fully saturated rings. The first-order chi connectivity index (χ1) is 14.8. The molecule has 0 bridgehead atoms. The molecule has 0 saturated carbocycles. The Bertz CT molecular complexity index is 1090. The molecular formula is C23H21ClFNO4S. The highest BCUT2D eigenvalue weighted by Crippen LogP contribution is 2.36. The maximum absolute atomic E-state index is 13.3. The van der Waals surface area contributed by atoms with E-state index < -0.39 is 11.9 Å². The highest BCUT2D eigenvalue weighted by atomic mass is 35.5. The van der Waals surface area contributed by atoms with Gasteiger partial charge in [-0.2, -0.15) is 0 Å². The molecule has 0 saturated heterocycles. The molecule has 5 nitrogen and oxygen atoms in total. The van der Waals surface area contributed by atoms with Gasteiger partial charge in [0, 0.05) is 16.0 Å². The molecule has 3 rings (SSSR count). The number of ether oxygens (including phenoxy) is 2. The molecule has 0 unspecified atom stereocenters. The van der Waals surface area contributed by atoms with Crippen molar-refractivity contribution in [1.29, 1.82) is 0 Å². The van der Waals surface area contributed by atoms with Gasteiger partial charge in [-0.1, -0.05) is 23.7 Å². The van der Waals surface area contributed by atoms with Crippen molar-refractivity contribution >= 4 is 39.8 Å². The van der Waals surface area contributed by atoms with Crippen LogP contribution in [0.25, 0.3) is 11.1 Å². The third-order valence-corrected chi connectivity index (χ3v) is 5.95.